The van der Waals surface area contributed by atoms with Gasteiger partial charge in [-0.2, -0.15) is 8.78 Å². The van der Waals surface area contributed by atoms with Gasteiger partial charge in [0.05, 0.1) is 11.9 Å². The smallest absolute Gasteiger partial charge is 0.343 e. The molecule has 0 atom stereocenters. The van der Waals surface area contributed by atoms with Gasteiger partial charge in [-0.05, 0) is 28.1 Å². The van der Waals surface area contributed by atoms with Crippen LogP contribution < -0.4 is 5.32 Å². The summed E-state index contributed by atoms with van der Waals surface area (Å²) in [7, 11) is 1.70. The Morgan fingerprint density at radius 1 is 1.50 bits per heavy atom. The molecule has 0 aliphatic rings. The van der Waals surface area contributed by atoms with Gasteiger partial charge in [0.25, 0.3) is 0 Å². The Bertz CT molecular complexity index is 255. The molecule has 1 aromatic heterocycles. The summed E-state index contributed by atoms with van der Waals surface area (Å²) >= 11 is 2.22. The Kier molecular flexibility index (Phi) is 2.62. The van der Waals surface area contributed by atoms with E-state index in [2.05, 4.69) is 26.2 Å². The summed E-state index contributed by atoms with van der Waals surface area (Å²) in [6.07, 6.45) is 1.35. The van der Waals surface area contributed by atoms with E-state index in [9.17, 15) is 8.78 Å². The van der Waals surface area contributed by atoms with E-state index >= 15 is 0 Å². The van der Waals surface area contributed by atoms with Crippen molar-refractivity contribution in [2.24, 2.45) is 0 Å². The predicted molar refractivity (Wildman–Crippen MR) is 46.6 cm³/mol. The number of nitrogens with one attached hydrogen (secondary N) is 1. The molecule has 0 aliphatic carbocycles. The monoisotopic (exact) mass is 236 g/mol. The number of nitrogens with zero attached hydrogens (tertiary/aromatic N) is 1. The lowest BCUT2D eigenvalue weighted by Crippen LogP contribution is -2.05. The minimum Gasteiger partial charge on any atom is -0.387 e. The topological polar surface area (TPSA) is 24.9 Å². The first-order chi connectivity index (χ1) is 5.54. The first kappa shape index (κ1) is 9.38. The fourth-order valence-corrected chi connectivity index (χ4v) is 0.944. The number of hydrogen-bond acceptors (Lipinski definition) is 2. The molecular weight excluding hydrogens is 230 g/mol. The Labute approximate surface area is 77.1 Å². The van der Waals surface area contributed by atoms with Crippen LogP contribution in [0.2, 0.25) is 0 Å². The van der Waals surface area contributed by atoms with Gasteiger partial charge >= 0.3 is 4.83 Å². The van der Waals surface area contributed by atoms with E-state index in [1.165, 1.54) is 18.3 Å². The average Bonchev–Trinajstić information content (AvgIpc) is 2.03. The maximum atomic E-state index is 12.5. The second-order valence-electron chi connectivity index (χ2n) is 2.18. The average molecular weight is 237 g/mol. The molecule has 12 heavy (non-hydrogen) atoms. The highest BCUT2D eigenvalue weighted by atomic mass is 79.9. The van der Waals surface area contributed by atoms with Crippen LogP contribution in [-0.2, 0) is 4.83 Å². The van der Waals surface area contributed by atoms with E-state index in [-0.39, 0.29) is 5.69 Å². The van der Waals surface area contributed by atoms with Gasteiger partial charge < -0.3 is 5.32 Å². The van der Waals surface area contributed by atoms with Crippen molar-refractivity contribution in [3.63, 3.8) is 0 Å². The molecule has 0 unspecified atom stereocenters. The van der Waals surface area contributed by atoms with Crippen molar-refractivity contribution >= 4 is 21.6 Å². The van der Waals surface area contributed by atoms with Gasteiger partial charge in [0.15, 0.2) is 0 Å². The number of hydrogen-bond donors (Lipinski definition) is 1. The van der Waals surface area contributed by atoms with Gasteiger partial charge in [0.1, 0.15) is 5.69 Å². The first-order valence-electron chi connectivity index (χ1n) is 3.25. The van der Waals surface area contributed by atoms with Crippen LogP contribution in [0.15, 0.2) is 18.3 Å². The first-order valence-corrected chi connectivity index (χ1v) is 4.04. The van der Waals surface area contributed by atoms with E-state index in [0.29, 0.717) is 5.69 Å². The zero-order chi connectivity index (χ0) is 9.19. The van der Waals surface area contributed by atoms with Crippen LogP contribution in [0.4, 0.5) is 14.5 Å². The molecule has 0 saturated carbocycles. The van der Waals surface area contributed by atoms with Crippen LogP contribution in [-0.4, -0.2) is 12.0 Å². The van der Waals surface area contributed by atoms with Crippen molar-refractivity contribution in [3.05, 3.63) is 24.0 Å². The lowest BCUT2D eigenvalue weighted by molar-refractivity contribution is 0.109. The minimum atomic E-state index is -3.04. The molecule has 0 aliphatic heterocycles. The lowest BCUT2D eigenvalue weighted by Gasteiger charge is -2.07. The third-order valence-corrected chi connectivity index (χ3v) is 1.75. The fraction of sp³-hybridized carbons (Fsp3) is 0.286. The molecule has 0 bridgehead atoms. The number of halogens is 3. The van der Waals surface area contributed by atoms with Crippen LogP contribution in [0.5, 0.6) is 0 Å². The third-order valence-electron chi connectivity index (χ3n) is 1.34. The molecule has 1 aromatic rings. The highest BCUT2D eigenvalue weighted by molar-refractivity contribution is 9.09. The van der Waals surface area contributed by atoms with Gasteiger partial charge in [-0.1, -0.05) is 0 Å². The van der Waals surface area contributed by atoms with Crippen molar-refractivity contribution < 1.29 is 8.78 Å². The predicted octanol–water partition coefficient (Wildman–Crippen LogP) is 2.57. The van der Waals surface area contributed by atoms with Crippen LogP contribution in [0.25, 0.3) is 0 Å². The molecule has 5 heteroatoms. The molecule has 1 N–H and O–H groups in total. The summed E-state index contributed by atoms with van der Waals surface area (Å²) in [5.74, 6) is 0. The third kappa shape index (κ3) is 2.14. The second-order valence-corrected chi connectivity index (χ2v) is 3.18. The standard InChI is InChI=1S/C7H7BrF2N2/c1-11-5-2-3-6(12-4-5)7(8,9)10/h2-4,11H,1H3. The van der Waals surface area contributed by atoms with E-state index in [1.807, 2.05) is 0 Å². The fourth-order valence-electron chi connectivity index (χ4n) is 0.709. The number of alkyl halides is 3. The summed E-state index contributed by atoms with van der Waals surface area (Å²) in [4.78, 5) is 0.519. The summed E-state index contributed by atoms with van der Waals surface area (Å²) in [6.45, 7) is 0. The normalized spacial score (nSPS) is 11.3. The molecular formula is C7H7BrF2N2. The van der Waals surface area contributed by atoms with E-state index in [1.54, 1.807) is 7.05 Å². The molecule has 1 heterocycles. The Morgan fingerprint density at radius 3 is 2.50 bits per heavy atom. The zero-order valence-corrected chi connectivity index (χ0v) is 7.90. The molecule has 0 aromatic carbocycles. The summed E-state index contributed by atoms with van der Waals surface area (Å²) in [5.41, 5.74) is 0.414. The van der Waals surface area contributed by atoms with Crippen molar-refractivity contribution in [1.29, 1.82) is 0 Å². The van der Waals surface area contributed by atoms with Crippen LogP contribution in [0.1, 0.15) is 5.69 Å². The Morgan fingerprint density at radius 2 is 2.17 bits per heavy atom. The van der Waals surface area contributed by atoms with Crippen molar-refractivity contribution in [2.75, 3.05) is 12.4 Å². The summed E-state index contributed by atoms with van der Waals surface area (Å²) in [6, 6.07) is 2.80. The van der Waals surface area contributed by atoms with E-state index < -0.39 is 4.83 Å². The molecule has 0 saturated heterocycles. The SMILES string of the molecule is CNc1ccc(C(F)(F)Br)nc1. The summed E-state index contributed by atoms with van der Waals surface area (Å²) < 4.78 is 25.0. The molecule has 2 nitrogen and oxygen atoms in total. The second kappa shape index (κ2) is 3.35. The zero-order valence-electron chi connectivity index (χ0n) is 6.31. The van der Waals surface area contributed by atoms with E-state index in [4.69, 9.17) is 0 Å². The van der Waals surface area contributed by atoms with Gasteiger partial charge in [0.2, 0.25) is 0 Å². The van der Waals surface area contributed by atoms with Crippen molar-refractivity contribution in [3.8, 4) is 0 Å². The number of aromatic nitrogens is 1. The molecule has 66 valence electrons. The van der Waals surface area contributed by atoms with Gasteiger partial charge in [-0.3, -0.25) is 4.98 Å². The number of pyridine rings is 1. The summed E-state index contributed by atoms with van der Waals surface area (Å²) in [5, 5.41) is 2.78. The minimum absolute atomic E-state index is 0.290. The maximum absolute atomic E-state index is 12.5. The lowest BCUT2D eigenvalue weighted by atomic mass is 10.3. The van der Waals surface area contributed by atoms with Gasteiger partial charge in [0, 0.05) is 7.05 Å². The van der Waals surface area contributed by atoms with Gasteiger partial charge in [-0.15, -0.1) is 0 Å². The molecule has 0 radical (unpaired) electrons. The highest BCUT2D eigenvalue weighted by Gasteiger charge is 2.28. The van der Waals surface area contributed by atoms with E-state index in [0.717, 1.165) is 0 Å². The Balaban J connectivity index is 2.93. The van der Waals surface area contributed by atoms with Crippen LogP contribution in [0, 0.1) is 0 Å². The molecule has 0 fully saturated rings. The molecule has 0 amide bonds. The van der Waals surface area contributed by atoms with Crippen molar-refractivity contribution in [1.82, 2.24) is 4.98 Å². The maximum Gasteiger partial charge on any atom is 0.343 e. The number of anilines is 1. The Hall–Kier alpha value is -0.710. The van der Waals surface area contributed by atoms with Crippen molar-refractivity contribution in [2.45, 2.75) is 4.83 Å². The van der Waals surface area contributed by atoms with Crippen LogP contribution >= 0.6 is 15.9 Å². The van der Waals surface area contributed by atoms with Gasteiger partial charge in [-0.25, -0.2) is 0 Å². The molecule has 0 spiro atoms. The van der Waals surface area contributed by atoms with Crippen LogP contribution in [0.3, 0.4) is 0 Å². The highest BCUT2D eigenvalue weighted by Crippen LogP contribution is 2.32. The quantitative estimate of drug-likeness (QED) is 0.799. The number of rotatable bonds is 2. The largest absolute Gasteiger partial charge is 0.387 e. The molecule has 1 rings (SSSR count).